The Labute approximate surface area is 134 Å². The fourth-order valence-electron chi connectivity index (χ4n) is 2.22. The summed E-state index contributed by atoms with van der Waals surface area (Å²) in [7, 11) is -0.735. The van der Waals surface area contributed by atoms with Gasteiger partial charge in [0.05, 0.1) is 5.69 Å². The number of nitrogens with zero attached hydrogens (tertiary/aromatic N) is 2. The zero-order chi connectivity index (χ0) is 16.3. The molecule has 2 heterocycles. The second kappa shape index (κ2) is 6.93. The summed E-state index contributed by atoms with van der Waals surface area (Å²) in [5.41, 5.74) is 0.887. The van der Waals surface area contributed by atoms with Crippen LogP contribution >= 0.6 is 11.3 Å². The first kappa shape index (κ1) is 17.2. The maximum absolute atomic E-state index is 12.2. The van der Waals surface area contributed by atoms with E-state index in [1.54, 1.807) is 0 Å². The first-order valence-corrected chi connectivity index (χ1v) is 9.50. The minimum atomic E-state index is -3.79. The molecule has 7 nitrogen and oxygen atoms in total. The molecule has 0 aliphatic carbocycles. The van der Waals surface area contributed by atoms with Gasteiger partial charge in [0.15, 0.2) is 10.4 Å². The first-order valence-electron chi connectivity index (χ1n) is 7.07. The monoisotopic (exact) mass is 347 g/mol. The highest BCUT2D eigenvalue weighted by atomic mass is 32.2. The van der Waals surface area contributed by atoms with Gasteiger partial charge in [0.25, 0.3) is 0 Å². The van der Waals surface area contributed by atoms with Crippen LogP contribution in [-0.4, -0.2) is 56.8 Å². The molecule has 0 saturated carbocycles. The maximum atomic E-state index is 12.2. The largest absolute Gasteiger partial charge is 0.381 e. The van der Waals surface area contributed by atoms with Gasteiger partial charge >= 0.3 is 0 Å². The number of anilines is 1. The number of hydrogen-bond acceptors (Lipinski definition) is 6. The molecule has 2 rings (SSSR count). The van der Waals surface area contributed by atoms with E-state index in [-0.39, 0.29) is 0 Å². The molecular weight excluding hydrogens is 326 g/mol. The Kier molecular flexibility index (Phi) is 5.41. The van der Waals surface area contributed by atoms with E-state index in [1.165, 1.54) is 37.3 Å². The fraction of sp³-hybridized carbons (Fsp3) is 0.692. The van der Waals surface area contributed by atoms with E-state index in [1.807, 2.05) is 5.38 Å². The molecule has 0 bridgehead atoms. The molecule has 0 aromatic carbocycles. The van der Waals surface area contributed by atoms with E-state index in [0.717, 1.165) is 18.5 Å². The zero-order valence-corrected chi connectivity index (χ0v) is 14.5. The van der Waals surface area contributed by atoms with Crippen molar-refractivity contribution in [1.29, 1.82) is 0 Å². The van der Waals surface area contributed by atoms with Crippen LogP contribution in [0.1, 0.15) is 31.4 Å². The lowest BCUT2D eigenvalue weighted by atomic mass is 9.98. The summed E-state index contributed by atoms with van der Waals surface area (Å²) < 4.78 is 32.2. The highest BCUT2D eigenvalue weighted by molar-refractivity contribution is 7.94. The Balaban J connectivity index is 2.07. The zero-order valence-electron chi connectivity index (χ0n) is 12.9. The Hall–Kier alpha value is -1.19. The molecule has 9 heteroatoms. The second-order valence-electron chi connectivity index (χ2n) is 5.49. The molecule has 22 heavy (non-hydrogen) atoms. The molecule has 1 aliphatic rings. The van der Waals surface area contributed by atoms with E-state index in [2.05, 4.69) is 9.71 Å². The molecule has 1 unspecified atom stereocenters. The van der Waals surface area contributed by atoms with Crippen LogP contribution in [0.5, 0.6) is 0 Å². The van der Waals surface area contributed by atoms with E-state index in [0.29, 0.717) is 24.3 Å². The number of thiazole rings is 1. The molecular formula is C13H21N3O4S2. The molecule has 0 spiro atoms. The van der Waals surface area contributed by atoms with Crippen molar-refractivity contribution >= 4 is 32.4 Å². The Morgan fingerprint density at radius 3 is 2.68 bits per heavy atom. The topological polar surface area (TPSA) is 88.6 Å². The van der Waals surface area contributed by atoms with Crippen LogP contribution in [0.4, 0.5) is 5.13 Å². The number of sulfonamides is 1. The van der Waals surface area contributed by atoms with Crippen molar-refractivity contribution < 1.29 is 17.9 Å². The van der Waals surface area contributed by atoms with E-state index < -0.39 is 21.2 Å². The van der Waals surface area contributed by atoms with Crippen LogP contribution in [-0.2, 0) is 19.6 Å². The number of carbonyl (C=O) groups excluding carboxylic acids is 1. The van der Waals surface area contributed by atoms with Crippen LogP contribution < -0.4 is 4.72 Å². The molecule has 1 N–H and O–H groups in total. The number of ether oxygens (including phenoxy) is 1. The fourth-order valence-corrected chi connectivity index (χ4v) is 4.34. The average Bonchev–Trinajstić information content (AvgIpc) is 2.94. The lowest BCUT2D eigenvalue weighted by Gasteiger charge is -2.20. The quantitative estimate of drug-likeness (QED) is 0.866. The van der Waals surface area contributed by atoms with Crippen molar-refractivity contribution in [1.82, 2.24) is 9.88 Å². The van der Waals surface area contributed by atoms with Crippen molar-refractivity contribution in [2.75, 3.05) is 32.0 Å². The predicted octanol–water partition coefficient (Wildman–Crippen LogP) is 1.26. The molecule has 1 amide bonds. The van der Waals surface area contributed by atoms with Crippen LogP contribution in [0.3, 0.4) is 0 Å². The van der Waals surface area contributed by atoms with E-state index >= 15 is 0 Å². The van der Waals surface area contributed by atoms with Crippen molar-refractivity contribution in [2.45, 2.75) is 30.9 Å². The van der Waals surface area contributed by atoms with Crippen molar-refractivity contribution in [3.63, 3.8) is 0 Å². The van der Waals surface area contributed by atoms with Gasteiger partial charge in [-0.25, -0.2) is 13.4 Å². The highest BCUT2D eigenvalue weighted by Crippen LogP contribution is 2.30. The average molecular weight is 347 g/mol. The van der Waals surface area contributed by atoms with Gasteiger partial charge in [0.2, 0.25) is 15.9 Å². The summed E-state index contributed by atoms with van der Waals surface area (Å²) in [5.74, 6) is -0.155. The molecule has 1 aromatic rings. The number of hydrogen-bond donors (Lipinski definition) is 1. The summed E-state index contributed by atoms with van der Waals surface area (Å²) in [6, 6.07) is 0. The summed E-state index contributed by atoms with van der Waals surface area (Å²) in [5, 5.41) is 1.02. The van der Waals surface area contributed by atoms with Crippen molar-refractivity contribution in [3.8, 4) is 0 Å². The van der Waals surface area contributed by atoms with Crippen LogP contribution in [0.15, 0.2) is 5.38 Å². The van der Waals surface area contributed by atoms with Gasteiger partial charge in [-0.3, -0.25) is 9.52 Å². The first-order chi connectivity index (χ1) is 10.3. The third kappa shape index (κ3) is 3.96. The third-order valence-corrected chi connectivity index (χ3v) is 6.16. The normalized spacial score (nSPS) is 18.0. The summed E-state index contributed by atoms with van der Waals surface area (Å²) in [6.45, 7) is 2.78. The third-order valence-electron chi connectivity index (χ3n) is 3.65. The minimum absolute atomic E-state index is 0.305. The number of nitrogens with one attached hydrogen (secondary N) is 1. The predicted molar refractivity (Wildman–Crippen MR) is 85.6 cm³/mol. The molecule has 124 valence electrons. The Morgan fingerprint density at radius 1 is 1.45 bits per heavy atom. The Bertz CT molecular complexity index is 621. The lowest BCUT2D eigenvalue weighted by molar-refractivity contribution is -0.127. The summed E-state index contributed by atoms with van der Waals surface area (Å²) in [6.07, 6.45) is 1.79. The van der Waals surface area contributed by atoms with Gasteiger partial charge in [-0.15, -0.1) is 11.3 Å². The molecule has 1 fully saturated rings. The number of amides is 1. The standard InChI is InChI=1S/C13H21N3O4S2/c1-9(12(17)16(2)3)22(18,19)15-13-14-11(8-21-13)10-4-6-20-7-5-10/h8-10H,4-7H2,1-3H3,(H,14,15). The van der Waals surface area contributed by atoms with E-state index in [9.17, 15) is 13.2 Å². The molecule has 1 aromatic heterocycles. The second-order valence-corrected chi connectivity index (χ2v) is 8.35. The summed E-state index contributed by atoms with van der Waals surface area (Å²) in [4.78, 5) is 17.4. The lowest BCUT2D eigenvalue weighted by Crippen LogP contribution is -2.39. The molecule has 1 atom stereocenters. The SMILES string of the molecule is CC(C(=O)N(C)C)S(=O)(=O)Nc1nc(C2CCOCC2)cs1. The van der Waals surface area contributed by atoms with Gasteiger partial charge in [0, 0.05) is 38.6 Å². The van der Waals surface area contributed by atoms with Gasteiger partial charge in [0.1, 0.15) is 0 Å². The van der Waals surface area contributed by atoms with Gasteiger partial charge in [-0.05, 0) is 19.8 Å². The van der Waals surface area contributed by atoms with Crippen LogP contribution in [0.25, 0.3) is 0 Å². The Morgan fingerprint density at radius 2 is 2.09 bits per heavy atom. The highest BCUT2D eigenvalue weighted by Gasteiger charge is 2.30. The molecule has 1 saturated heterocycles. The van der Waals surface area contributed by atoms with Crippen molar-refractivity contribution in [3.05, 3.63) is 11.1 Å². The van der Waals surface area contributed by atoms with Gasteiger partial charge in [-0.2, -0.15) is 0 Å². The molecule has 1 aliphatic heterocycles. The van der Waals surface area contributed by atoms with Crippen molar-refractivity contribution in [2.24, 2.45) is 0 Å². The van der Waals surface area contributed by atoms with Gasteiger partial charge in [-0.1, -0.05) is 0 Å². The van der Waals surface area contributed by atoms with Crippen LogP contribution in [0, 0.1) is 0 Å². The molecule has 0 radical (unpaired) electrons. The summed E-state index contributed by atoms with van der Waals surface area (Å²) >= 11 is 1.24. The number of carbonyl (C=O) groups is 1. The number of aromatic nitrogens is 1. The van der Waals surface area contributed by atoms with Gasteiger partial charge < -0.3 is 9.64 Å². The number of rotatable bonds is 5. The maximum Gasteiger partial charge on any atom is 0.246 e. The minimum Gasteiger partial charge on any atom is -0.381 e. The van der Waals surface area contributed by atoms with Crippen LogP contribution in [0.2, 0.25) is 0 Å². The van der Waals surface area contributed by atoms with E-state index in [4.69, 9.17) is 4.74 Å². The smallest absolute Gasteiger partial charge is 0.246 e.